The summed E-state index contributed by atoms with van der Waals surface area (Å²) in [4.78, 5) is 24.3. The minimum Gasteiger partial charge on any atom is -0.496 e. The summed E-state index contributed by atoms with van der Waals surface area (Å²) in [6, 6.07) is 15.5. The van der Waals surface area contributed by atoms with Crippen LogP contribution in [0.5, 0.6) is 5.75 Å². The summed E-state index contributed by atoms with van der Waals surface area (Å²) in [6.45, 7) is 7.06. The van der Waals surface area contributed by atoms with Gasteiger partial charge in [0.05, 0.1) is 18.8 Å². The van der Waals surface area contributed by atoms with Crippen LogP contribution in [0.2, 0.25) is 0 Å². The number of aryl methyl sites for hydroxylation is 2. The Morgan fingerprint density at radius 2 is 1.91 bits per heavy atom. The van der Waals surface area contributed by atoms with Gasteiger partial charge in [-0.2, -0.15) is 0 Å². The summed E-state index contributed by atoms with van der Waals surface area (Å²) >= 11 is 0. The van der Waals surface area contributed by atoms with Gasteiger partial charge in [-0.3, -0.25) is 19.7 Å². The standard InChI is InChI=1S/C27H32N4O2/c1-19-16-25(33-3)20(2)15-22(19)18-31-14-8-9-21(17-31)26(23-10-4-6-12-28-23)30-27(32)24-11-5-7-13-29-24/h4-7,10-13,15-16,21,26H,8-9,14,17-18H2,1-3H3,(H,30,32)/t21-,26+/m1/s1. The van der Waals surface area contributed by atoms with E-state index in [1.165, 1.54) is 11.1 Å². The SMILES string of the molecule is COc1cc(C)c(CN2CCC[C@@H]([C@H](NC(=O)c3ccccn3)c3ccccn3)C2)cc1C. The lowest BCUT2D eigenvalue weighted by Gasteiger charge is -2.37. The molecule has 1 fully saturated rings. The zero-order valence-corrected chi connectivity index (χ0v) is 19.6. The average Bonchev–Trinajstić information content (AvgIpc) is 2.85. The fourth-order valence-corrected chi connectivity index (χ4v) is 4.69. The highest BCUT2D eigenvalue weighted by atomic mass is 16.5. The van der Waals surface area contributed by atoms with E-state index in [1.54, 1.807) is 25.6 Å². The molecule has 172 valence electrons. The van der Waals surface area contributed by atoms with Crippen molar-refractivity contribution in [1.29, 1.82) is 0 Å². The number of aromatic nitrogens is 2. The third-order valence-corrected chi connectivity index (χ3v) is 6.45. The van der Waals surface area contributed by atoms with Crippen LogP contribution in [0.1, 0.15) is 51.8 Å². The van der Waals surface area contributed by atoms with Gasteiger partial charge in [0.2, 0.25) is 0 Å². The summed E-state index contributed by atoms with van der Waals surface area (Å²) < 4.78 is 5.48. The zero-order chi connectivity index (χ0) is 23.2. The monoisotopic (exact) mass is 444 g/mol. The fourth-order valence-electron chi connectivity index (χ4n) is 4.69. The second-order valence-corrected chi connectivity index (χ2v) is 8.81. The van der Waals surface area contributed by atoms with Crippen molar-refractivity contribution >= 4 is 5.91 Å². The molecule has 1 amide bonds. The van der Waals surface area contributed by atoms with Gasteiger partial charge < -0.3 is 10.1 Å². The quantitative estimate of drug-likeness (QED) is 0.582. The smallest absolute Gasteiger partial charge is 0.270 e. The highest BCUT2D eigenvalue weighted by Gasteiger charge is 2.31. The Bertz CT molecular complexity index is 1070. The van der Waals surface area contributed by atoms with E-state index >= 15 is 0 Å². The number of carbonyl (C=O) groups excluding carboxylic acids is 1. The number of likely N-dealkylation sites (tertiary alicyclic amines) is 1. The van der Waals surface area contributed by atoms with Crippen LogP contribution in [0.4, 0.5) is 0 Å². The summed E-state index contributed by atoms with van der Waals surface area (Å²) in [7, 11) is 1.72. The van der Waals surface area contributed by atoms with Crippen molar-refractivity contribution < 1.29 is 9.53 Å². The number of amides is 1. The highest BCUT2D eigenvalue weighted by molar-refractivity contribution is 5.92. The average molecular weight is 445 g/mol. The van der Waals surface area contributed by atoms with Gasteiger partial charge in [-0.15, -0.1) is 0 Å². The normalized spacial score (nSPS) is 17.4. The second kappa shape index (κ2) is 10.6. The Morgan fingerprint density at radius 3 is 2.61 bits per heavy atom. The molecule has 1 aliphatic rings. The number of nitrogens with zero attached hydrogens (tertiary/aromatic N) is 3. The van der Waals surface area contributed by atoms with E-state index in [-0.39, 0.29) is 17.9 Å². The number of methoxy groups -OCH3 is 1. The number of piperidine rings is 1. The topological polar surface area (TPSA) is 67.3 Å². The Labute approximate surface area is 196 Å². The van der Waals surface area contributed by atoms with Gasteiger partial charge in [0.25, 0.3) is 5.91 Å². The molecule has 33 heavy (non-hydrogen) atoms. The van der Waals surface area contributed by atoms with Crippen LogP contribution in [0.3, 0.4) is 0 Å². The number of benzene rings is 1. The van der Waals surface area contributed by atoms with Crippen LogP contribution in [0.15, 0.2) is 60.9 Å². The molecule has 1 saturated heterocycles. The lowest BCUT2D eigenvalue weighted by Crippen LogP contribution is -2.43. The van der Waals surface area contributed by atoms with Gasteiger partial charge in [0.15, 0.2) is 0 Å². The highest BCUT2D eigenvalue weighted by Crippen LogP contribution is 2.31. The molecule has 6 heteroatoms. The number of rotatable bonds is 7. The maximum Gasteiger partial charge on any atom is 0.270 e. The summed E-state index contributed by atoms with van der Waals surface area (Å²) in [5.41, 5.74) is 5.03. The molecule has 2 aromatic heterocycles. The molecule has 4 rings (SSSR count). The van der Waals surface area contributed by atoms with Crippen LogP contribution >= 0.6 is 0 Å². The first-order chi connectivity index (χ1) is 16.0. The van der Waals surface area contributed by atoms with Gasteiger partial charge >= 0.3 is 0 Å². The second-order valence-electron chi connectivity index (χ2n) is 8.81. The fraction of sp³-hybridized carbons (Fsp3) is 0.370. The number of pyridine rings is 2. The minimum absolute atomic E-state index is 0.162. The predicted molar refractivity (Wildman–Crippen MR) is 129 cm³/mol. The van der Waals surface area contributed by atoms with Crippen molar-refractivity contribution in [3.05, 3.63) is 89.0 Å². The van der Waals surface area contributed by atoms with E-state index in [0.29, 0.717) is 5.69 Å². The molecule has 3 aromatic rings. The number of hydrogen-bond acceptors (Lipinski definition) is 5. The van der Waals surface area contributed by atoms with Crippen LogP contribution in [-0.4, -0.2) is 41.0 Å². The molecule has 0 radical (unpaired) electrons. The van der Waals surface area contributed by atoms with E-state index in [4.69, 9.17) is 4.74 Å². The van der Waals surface area contributed by atoms with Gasteiger partial charge in [0.1, 0.15) is 11.4 Å². The van der Waals surface area contributed by atoms with Gasteiger partial charge in [0, 0.05) is 25.5 Å². The first-order valence-electron chi connectivity index (χ1n) is 11.5. The Morgan fingerprint density at radius 1 is 1.12 bits per heavy atom. The molecule has 6 nitrogen and oxygen atoms in total. The number of hydrogen-bond donors (Lipinski definition) is 1. The van der Waals surface area contributed by atoms with Crippen molar-refractivity contribution in [3.8, 4) is 5.75 Å². The van der Waals surface area contributed by atoms with Crippen molar-refractivity contribution in [2.24, 2.45) is 5.92 Å². The van der Waals surface area contributed by atoms with Crippen LogP contribution in [0, 0.1) is 19.8 Å². The molecule has 0 aliphatic carbocycles. The summed E-state index contributed by atoms with van der Waals surface area (Å²) in [6.07, 6.45) is 5.56. The van der Waals surface area contributed by atoms with Crippen LogP contribution < -0.4 is 10.1 Å². The maximum atomic E-state index is 13.0. The number of carbonyl (C=O) groups is 1. The van der Waals surface area contributed by atoms with E-state index in [0.717, 1.165) is 49.5 Å². The van der Waals surface area contributed by atoms with Crippen LogP contribution in [-0.2, 0) is 6.54 Å². The molecule has 1 aliphatic heterocycles. The van der Waals surface area contributed by atoms with Gasteiger partial charge in [-0.1, -0.05) is 18.2 Å². The lowest BCUT2D eigenvalue weighted by atomic mass is 9.88. The Hall–Kier alpha value is -3.25. The molecule has 0 unspecified atom stereocenters. The zero-order valence-electron chi connectivity index (χ0n) is 19.6. The molecule has 0 saturated carbocycles. The molecule has 0 spiro atoms. The van der Waals surface area contributed by atoms with Gasteiger partial charge in [-0.05, 0) is 86.2 Å². The molecule has 1 N–H and O–H groups in total. The third kappa shape index (κ3) is 5.57. The van der Waals surface area contributed by atoms with E-state index in [2.05, 4.69) is 46.2 Å². The Kier molecular flexibility index (Phi) is 7.35. The van der Waals surface area contributed by atoms with Crippen LogP contribution in [0.25, 0.3) is 0 Å². The third-order valence-electron chi connectivity index (χ3n) is 6.45. The Balaban J connectivity index is 1.53. The first kappa shape index (κ1) is 22.9. The maximum absolute atomic E-state index is 13.0. The molecule has 0 bridgehead atoms. The predicted octanol–water partition coefficient (Wildman–Crippen LogP) is 4.49. The molecular formula is C27H32N4O2. The number of ether oxygens (including phenoxy) is 1. The van der Waals surface area contributed by atoms with Crippen molar-refractivity contribution in [2.45, 2.75) is 39.3 Å². The largest absolute Gasteiger partial charge is 0.496 e. The van der Waals surface area contributed by atoms with Gasteiger partial charge in [-0.25, -0.2) is 0 Å². The minimum atomic E-state index is -0.165. The lowest BCUT2D eigenvalue weighted by molar-refractivity contribution is 0.0870. The molecular weight excluding hydrogens is 412 g/mol. The summed E-state index contributed by atoms with van der Waals surface area (Å²) in [5.74, 6) is 1.03. The van der Waals surface area contributed by atoms with Crippen molar-refractivity contribution in [2.75, 3.05) is 20.2 Å². The van der Waals surface area contributed by atoms with E-state index in [9.17, 15) is 4.79 Å². The van der Waals surface area contributed by atoms with Crippen molar-refractivity contribution in [3.63, 3.8) is 0 Å². The summed E-state index contributed by atoms with van der Waals surface area (Å²) in [5, 5.41) is 3.23. The van der Waals surface area contributed by atoms with E-state index in [1.807, 2.05) is 30.3 Å². The first-order valence-corrected chi connectivity index (χ1v) is 11.5. The number of nitrogens with one attached hydrogen (secondary N) is 1. The molecule has 1 aromatic carbocycles. The molecule has 2 atom stereocenters. The van der Waals surface area contributed by atoms with E-state index < -0.39 is 0 Å². The van der Waals surface area contributed by atoms with Crippen molar-refractivity contribution in [1.82, 2.24) is 20.2 Å². The molecule has 3 heterocycles.